The van der Waals surface area contributed by atoms with Gasteiger partial charge in [0.15, 0.2) is 0 Å². The smallest absolute Gasteiger partial charge is 0.243 e. The van der Waals surface area contributed by atoms with E-state index in [0.29, 0.717) is 4.90 Å². The van der Waals surface area contributed by atoms with Gasteiger partial charge in [0.2, 0.25) is 10.0 Å². The molecule has 0 radical (unpaired) electrons. The van der Waals surface area contributed by atoms with E-state index >= 15 is 0 Å². The van der Waals surface area contributed by atoms with Crippen LogP contribution in [-0.4, -0.2) is 38.9 Å². The molecule has 6 heteroatoms. The minimum absolute atomic E-state index is 0. The number of likely N-dealkylation sites (N-methyl/N-ethyl adjacent to an activating group) is 1. The third kappa shape index (κ3) is 3.06. The van der Waals surface area contributed by atoms with Gasteiger partial charge in [-0.25, -0.2) is 8.42 Å². The largest absolute Gasteiger partial charge is 0.315 e. The maximum Gasteiger partial charge on any atom is 0.243 e. The summed E-state index contributed by atoms with van der Waals surface area (Å²) in [6.45, 7) is 1.60. The number of halogens is 1. The molecule has 0 amide bonds. The fourth-order valence-corrected chi connectivity index (χ4v) is 4.06. The second-order valence-electron chi connectivity index (χ2n) is 5.18. The molecule has 0 saturated carbocycles. The monoisotopic (exact) mass is 326 g/mol. The number of hydrogen-bond donors (Lipinski definition) is 1. The van der Waals surface area contributed by atoms with Crippen LogP contribution < -0.4 is 5.32 Å². The van der Waals surface area contributed by atoms with E-state index in [9.17, 15) is 8.42 Å². The highest BCUT2D eigenvalue weighted by molar-refractivity contribution is 7.89. The summed E-state index contributed by atoms with van der Waals surface area (Å²) in [6, 6.07) is 13.1. The van der Waals surface area contributed by atoms with Crippen LogP contribution in [0.25, 0.3) is 10.8 Å². The van der Waals surface area contributed by atoms with Gasteiger partial charge in [-0.15, -0.1) is 12.4 Å². The maximum atomic E-state index is 12.7. The summed E-state index contributed by atoms with van der Waals surface area (Å²) in [6.07, 6.45) is 0.864. The predicted octanol–water partition coefficient (Wildman–Crippen LogP) is 2.24. The molecule has 0 bridgehead atoms. The molecule has 2 aromatic carbocycles. The van der Waals surface area contributed by atoms with Crippen molar-refractivity contribution in [3.8, 4) is 0 Å². The van der Waals surface area contributed by atoms with Gasteiger partial charge < -0.3 is 5.32 Å². The summed E-state index contributed by atoms with van der Waals surface area (Å²) in [5.41, 5.74) is 0. The van der Waals surface area contributed by atoms with E-state index in [1.807, 2.05) is 30.3 Å². The van der Waals surface area contributed by atoms with Crippen LogP contribution in [0.2, 0.25) is 0 Å². The van der Waals surface area contributed by atoms with E-state index in [1.165, 1.54) is 4.31 Å². The normalized spacial score (nSPS) is 18.9. The number of fused-ring (bicyclic) bond motifs is 1. The van der Waals surface area contributed by atoms with E-state index in [-0.39, 0.29) is 18.4 Å². The molecule has 1 fully saturated rings. The Morgan fingerprint density at radius 1 is 1.14 bits per heavy atom. The van der Waals surface area contributed by atoms with Crippen molar-refractivity contribution >= 4 is 33.2 Å². The molecule has 1 saturated heterocycles. The van der Waals surface area contributed by atoms with E-state index in [1.54, 1.807) is 19.2 Å². The Morgan fingerprint density at radius 3 is 2.52 bits per heavy atom. The first-order chi connectivity index (χ1) is 9.59. The molecule has 21 heavy (non-hydrogen) atoms. The fraction of sp³-hybridized carbons (Fsp3) is 0.333. The Labute approximate surface area is 131 Å². The number of benzene rings is 2. The topological polar surface area (TPSA) is 49.4 Å². The minimum Gasteiger partial charge on any atom is -0.315 e. The lowest BCUT2D eigenvalue weighted by Gasteiger charge is -2.23. The van der Waals surface area contributed by atoms with Crippen molar-refractivity contribution in [1.29, 1.82) is 0 Å². The summed E-state index contributed by atoms with van der Waals surface area (Å²) < 4.78 is 26.8. The van der Waals surface area contributed by atoms with E-state index in [0.717, 1.165) is 30.3 Å². The van der Waals surface area contributed by atoms with Gasteiger partial charge in [-0.05, 0) is 35.9 Å². The average Bonchev–Trinajstić information content (AvgIpc) is 3.00. The molecule has 1 aliphatic heterocycles. The molecule has 1 N–H and O–H groups in total. The molecular formula is C15H19ClN2O2S. The number of nitrogens with zero attached hydrogens (tertiary/aromatic N) is 1. The van der Waals surface area contributed by atoms with Crippen molar-refractivity contribution in [1.82, 2.24) is 9.62 Å². The van der Waals surface area contributed by atoms with Crippen LogP contribution in [0.3, 0.4) is 0 Å². The lowest BCUT2D eigenvalue weighted by molar-refractivity contribution is 0.388. The van der Waals surface area contributed by atoms with Gasteiger partial charge in [0.1, 0.15) is 0 Å². The number of sulfonamides is 1. The fourth-order valence-electron chi connectivity index (χ4n) is 2.64. The molecule has 1 heterocycles. The summed E-state index contributed by atoms with van der Waals surface area (Å²) in [4.78, 5) is 0.366. The zero-order valence-electron chi connectivity index (χ0n) is 11.8. The Kier molecular flexibility index (Phi) is 4.88. The zero-order chi connectivity index (χ0) is 14.2. The molecule has 3 rings (SSSR count). The molecule has 0 aliphatic carbocycles. The van der Waals surface area contributed by atoms with Crippen LogP contribution in [0.1, 0.15) is 6.42 Å². The number of hydrogen-bond acceptors (Lipinski definition) is 3. The molecule has 0 spiro atoms. The Hall–Kier alpha value is -1.14. The quantitative estimate of drug-likeness (QED) is 0.941. The summed E-state index contributed by atoms with van der Waals surface area (Å²) in [7, 11) is -1.75. The predicted molar refractivity (Wildman–Crippen MR) is 87.4 cm³/mol. The second-order valence-corrected chi connectivity index (χ2v) is 7.17. The third-order valence-electron chi connectivity index (χ3n) is 3.95. The number of nitrogens with one attached hydrogen (secondary N) is 1. The molecular weight excluding hydrogens is 308 g/mol. The lowest BCUT2D eigenvalue weighted by Crippen LogP contribution is -2.38. The van der Waals surface area contributed by atoms with Crippen LogP contribution >= 0.6 is 12.4 Å². The number of rotatable bonds is 3. The van der Waals surface area contributed by atoms with Gasteiger partial charge in [0.05, 0.1) is 4.90 Å². The molecule has 2 aromatic rings. The van der Waals surface area contributed by atoms with Gasteiger partial charge in [0, 0.05) is 19.6 Å². The van der Waals surface area contributed by atoms with Gasteiger partial charge >= 0.3 is 0 Å². The Morgan fingerprint density at radius 2 is 1.86 bits per heavy atom. The van der Waals surface area contributed by atoms with E-state index in [2.05, 4.69) is 5.32 Å². The van der Waals surface area contributed by atoms with E-state index in [4.69, 9.17) is 0 Å². The van der Waals surface area contributed by atoms with Crippen LogP contribution in [-0.2, 0) is 10.0 Å². The SMILES string of the molecule is CN(C1CCNC1)S(=O)(=O)c1ccc2ccccc2c1.Cl. The van der Waals surface area contributed by atoms with Gasteiger partial charge in [-0.1, -0.05) is 30.3 Å². The maximum absolute atomic E-state index is 12.7. The first-order valence-electron chi connectivity index (χ1n) is 6.76. The van der Waals surface area contributed by atoms with Crippen molar-refractivity contribution in [2.24, 2.45) is 0 Å². The van der Waals surface area contributed by atoms with Gasteiger partial charge in [-0.2, -0.15) is 4.31 Å². The summed E-state index contributed by atoms with van der Waals surface area (Å²) in [5, 5.41) is 5.20. The first kappa shape index (κ1) is 16.2. The molecule has 0 aromatic heterocycles. The molecule has 1 atom stereocenters. The Bertz CT molecular complexity index is 727. The van der Waals surface area contributed by atoms with E-state index < -0.39 is 10.0 Å². The van der Waals surface area contributed by atoms with Crippen LogP contribution in [0.4, 0.5) is 0 Å². The Balaban J connectivity index is 0.00000161. The summed E-state index contributed by atoms with van der Waals surface area (Å²) in [5.74, 6) is 0. The average molecular weight is 327 g/mol. The van der Waals surface area contributed by atoms with Crippen molar-refractivity contribution in [2.45, 2.75) is 17.4 Å². The molecule has 1 aliphatic rings. The minimum atomic E-state index is -3.42. The summed E-state index contributed by atoms with van der Waals surface area (Å²) >= 11 is 0. The van der Waals surface area contributed by atoms with Crippen molar-refractivity contribution in [2.75, 3.05) is 20.1 Å². The second kappa shape index (κ2) is 6.32. The highest BCUT2D eigenvalue weighted by Gasteiger charge is 2.29. The van der Waals surface area contributed by atoms with Crippen molar-refractivity contribution in [3.05, 3.63) is 42.5 Å². The van der Waals surface area contributed by atoms with Gasteiger partial charge in [-0.3, -0.25) is 0 Å². The van der Waals surface area contributed by atoms with Gasteiger partial charge in [0.25, 0.3) is 0 Å². The molecule has 1 unspecified atom stereocenters. The van der Waals surface area contributed by atoms with Crippen molar-refractivity contribution in [3.63, 3.8) is 0 Å². The van der Waals surface area contributed by atoms with Crippen LogP contribution in [0.5, 0.6) is 0 Å². The highest BCUT2D eigenvalue weighted by Crippen LogP contribution is 2.23. The van der Waals surface area contributed by atoms with Crippen molar-refractivity contribution < 1.29 is 8.42 Å². The molecule has 4 nitrogen and oxygen atoms in total. The standard InChI is InChI=1S/C15H18N2O2S.ClH/c1-17(14-8-9-16-11-14)20(18,19)15-7-6-12-4-2-3-5-13(12)10-15;/h2-7,10,14,16H,8-9,11H2,1H3;1H. The third-order valence-corrected chi connectivity index (χ3v) is 5.85. The zero-order valence-corrected chi connectivity index (χ0v) is 13.5. The van der Waals surface area contributed by atoms with Crippen LogP contribution in [0, 0.1) is 0 Å². The molecule has 114 valence electrons. The first-order valence-corrected chi connectivity index (χ1v) is 8.20. The highest BCUT2D eigenvalue weighted by atomic mass is 35.5. The van der Waals surface area contributed by atoms with Crippen LogP contribution in [0.15, 0.2) is 47.4 Å². The lowest BCUT2D eigenvalue weighted by atomic mass is 10.1.